The Hall–Kier alpha value is -0.700. The molecule has 92 valence electrons. The standard InChI is InChI=1S/C13H22FNO/c1-12(2,3)11(16)6-5-8-15-9-7-13(4,14)10-15/h5-6H,7-10H2,1-4H3/b6-5+. The monoisotopic (exact) mass is 227 g/mol. The van der Waals surface area contributed by atoms with E-state index in [0.29, 0.717) is 19.5 Å². The topological polar surface area (TPSA) is 20.3 Å². The molecule has 0 N–H and O–H groups in total. The summed E-state index contributed by atoms with van der Waals surface area (Å²) in [5.74, 6) is 0.120. The van der Waals surface area contributed by atoms with Crippen LogP contribution in [0.3, 0.4) is 0 Å². The maximum Gasteiger partial charge on any atom is 0.160 e. The van der Waals surface area contributed by atoms with Crippen LogP contribution in [-0.4, -0.2) is 36.0 Å². The van der Waals surface area contributed by atoms with E-state index >= 15 is 0 Å². The zero-order valence-corrected chi connectivity index (χ0v) is 10.7. The molecule has 1 atom stereocenters. The van der Waals surface area contributed by atoms with Crippen molar-refractivity contribution in [2.75, 3.05) is 19.6 Å². The third kappa shape index (κ3) is 4.05. The van der Waals surface area contributed by atoms with E-state index in [9.17, 15) is 9.18 Å². The molecule has 16 heavy (non-hydrogen) atoms. The minimum atomic E-state index is -1.05. The number of carbonyl (C=O) groups is 1. The summed E-state index contributed by atoms with van der Waals surface area (Å²) in [7, 11) is 0. The maximum atomic E-state index is 13.5. The lowest BCUT2D eigenvalue weighted by Gasteiger charge is -2.16. The van der Waals surface area contributed by atoms with Crippen LogP contribution in [0.15, 0.2) is 12.2 Å². The molecule has 0 bridgehead atoms. The fourth-order valence-corrected chi connectivity index (χ4v) is 1.73. The van der Waals surface area contributed by atoms with Crippen LogP contribution >= 0.6 is 0 Å². The highest BCUT2D eigenvalue weighted by molar-refractivity contribution is 5.93. The van der Waals surface area contributed by atoms with Gasteiger partial charge in [0, 0.05) is 25.0 Å². The quantitative estimate of drug-likeness (QED) is 0.691. The molecule has 1 heterocycles. The Labute approximate surface area is 97.5 Å². The Bertz CT molecular complexity index is 289. The van der Waals surface area contributed by atoms with Gasteiger partial charge in [-0.25, -0.2) is 4.39 Å². The minimum absolute atomic E-state index is 0.120. The number of alkyl halides is 1. The van der Waals surface area contributed by atoms with Gasteiger partial charge in [-0.3, -0.25) is 9.69 Å². The van der Waals surface area contributed by atoms with Gasteiger partial charge in [-0.2, -0.15) is 0 Å². The summed E-state index contributed by atoms with van der Waals surface area (Å²) in [6.45, 7) is 9.25. The van der Waals surface area contributed by atoms with E-state index in [4.69, 9.17) is 0 Å². The summed E-state index contributed by atoms with van der Waals surface area (Å²) < 4.78 is 13.5. The minimum Gasteiger partial charge on any atom is -0.296 e. The van der Waals surface area contributed by atoms with E-state index in [-0.39, 0.29) is 11.2 Å². The molecule has 3 heteroatoms. The van der Waals surface area contributed by atoms with Gasteiger partial charge in [0.1, 0.15) is 5.67 Å². The van der Waals surface area contributed by atoms with Crippen LogP contribution in [0.2, 0.25) is 0 Å². The normalized spacial score (nSPS) is 27.8. The van der Waals surface area contributed by atoms with E-state index in [1.165, 1.54) is 0 Å². The van der Waals surface area contributed by atoms with Crippen LogP contribution in [0.4, 0.5) is 4.39 Å². The van der Waals surface area contributed by atoms with Crippen LogP contribution in [0.5, 0.6) is 0 Å². The number of carbonyl (C=O) groups excluding carboxylic acids is 1. The summed E-state index contributed by atoms with van der Waals surface area (Å²) in [4.78, 5) is 13.6. The van der Waals surface area contributed by atoms with Crippen molar-refractivity contribution in [1.82, 2.24) is 4.90 Å². The van der Waals surface area contributed by atoms with Crippen molar-refractivity contribution >= 4 is 5.78 Å². The van der Waals surface area contributed by atoms with Crippen molar-refractivity contribution in [3.63, 3.8) is 0 Å². The lowest BCUT2D eigenvalue weighted by Crippen LogP contribution is -2.26. The Balaban J connectivity index is 2.36. The first kappa shape index (κ1) is 13.4. The summed E-state index contributed by atoms with van der Waals surface area (Å²) in [6, 6.07) is 0. The van der Waals surface area contributed by atoms with Crippen molar-refractivity contribution in [2.45, 2.75) is 39.8 Å². The smallest absolute Gasteiger partial charge is 0.160 e. The van der Waals surface area contributed by atoms with E-state index in [1.54, 1.807) is 13.0 Å². The van der Waals surface area contributed by atoms with Gasteiger partial charge in [-0.15, -0.1) is 0 Å². The zero-order chi connectivity index (χ0) is 12.4. The average Bonchev–Trinajstić information content (AvgIpc) is 2.44. The summed E-state index contributed by atoms with van der Waals surface area (Å²) in [5.41, 5.74) is -1.38. The second-order valence-corrected chi connectivity index (χ2v) is 5.92. The van der Waals surface area contributed by atoms with Crippen LogP contribution in [0.1, 0.15) is 34.1 Å². The molecule has 1 aliphatic heterocycles. The predicted octanol–water partition coefficient (Wildman–Crippen LogP) is 2.59. The number of likely N-dealkylation sites (tertiary alicyclic amines) is 1. The largest absolute Gasteiger partial charge is 0.296 e. The van der Waals surface area contributed by atoms with Crippen molar-refractivity contribution in [3.8, 4) is 0 Å². The number of hydrogen-bond donors (Lipinski definition) is 0. The Morgan fingerprint density at radius 3 is 2.56 bits per heavy atom. The van der Waals surface area contributed by atoms with Crippen LogP contribution in [0.25, 0.3) is 0 Å². The maximum absolute atomic E-state index is 13.5. The van der Waals surface area contributed by atoms with Crippen LogP contribution in [-0.2, 0) is 4.79 Å². The molecular weight excluding hydrogens is 205 g/mol. The molecule has 2 nitrogen and oxygen atoms in total. The molecule has 0 amide bonds. The number of hydrogen-bond acceptors (Lipinski definition) is 2. The SMILES string of the molecule is CC1(F)CCN(C/C=C/C(=O)C(C)(C)C)C1. The molecule has 0 aliphatic carbocycles. The lowest BCUT2D eigenvalue weighted by atomic mass is 9.91. The third-order valence-electron chi connectivity index (χ3n) is 2.87. The van der Waals surface area contributed by atoms with Gasteiger partial charge in [0.25, 0.3) is 0 Å². The molecule has 1 rings (SSSR count). The van der Waals surface area contributed by atoms with Gasteiger partial charge in [0.2, 0.25) is 0 Å². The highest BCUT2D eigenvalue weighted by Crippen LogP contribution is 2.24. The average molecular weight is 227 g/mol. The molecule has 1 fully saturated rings. The number of halogens is 1. The fraction of sp³-hybridized carbons (Fsp3) is 0.769. The highest BCUT2D eigenvalue weighted by Gasteiger charge is 2.32. The Kier molecular flexibility index (Phi) is 3.89. The van der Waals surface area contributed by atoms with E-state index in [0.717, 1.165) is 6.54 Å². The molecule has 0 saturated carbocycles. The van der Waals surface area contributed by atoms with E-state index < -0.39 is 5.67 Å². The van der Waals surface area contributed by atoms with Crippen molar-refractivity contribution < 1.29 is 9.18 Å². The summed E-state index contributed by atoms with van der Waals surface area (Å²) >= 11 is 0. The Morgan fingerprint density at radius 1 is 1.50 bits per heavy atom. The fourth-order valence-electron chi connectivity index (χ4n) is 1.73. The van der Waals surface area contributed by atoms with Crippen molar-refractivity contribution in [1.29, 1.82) is 0 Å². The van der Waals surface area contributed by atoms with Crippen LogP contribution in [0, 0.1) is 5.41 Å². The van der Waals surface area contributed by atoms with Gasteiger partial charge in [0.15, 0.2) is 5.78 Å². The molecule has 1 unspecified atom stereocenters. The van der Waals surface area contributed by atoms with Gasteiger partial charge >= 0.3 is 0 Å². The zero-order valence-electron chi connectivity index (χ0n) is 10.7. The molecule has 1 aliphatic rings. The van der Waals surface area contributed by atoms with E-state index in [2.05, 4.69) is 0 Å². The first-order valence-corrected chi connectivity index (χ1v) is 5.83. The summed E-state index contributed by atoms with van der Waals surface area (Å²) in [5, 5.41) is 0. The lowest BCUT2D eigenvalue weighted by molar-refractivity contribution is -0.121. The second kappa shape index (κ2) is 4.66. The number of allylic oxidation sites excluding steroid dienone is 1. The molecule has 0 spiro atoms. The first-order chi connectivity index (χ1) is 7.21. The number of nitrogens with zero attached hydrogens (tertiary/aromatic N) is 1. The third-order valence-corrected chi connectivity index (χ3v) is 2.87. The van der Waals surface area contributed by atoms with Gasteiger partial charge in [0.05, 0.1) is 0 Å². The molecule has 0 aromatic rings. The second-order valence-electron chi connectivity index (χ2n) is 5.92. The van der Waals surface area contributed by atoms with Crippen molar-refractivity contribution in [2.24, 2.45) is 5.41 Å². The van der Waals surface area contributed by atoms with Gasteiger partial charge < -0.3 is 0 Å². The molecular formula is C13H22FNO. The highest BCUT2D eigenvalue weighted by atomic mass is 19.1. The molecule has 1 saturated heterocycles. The van der Waals surface area contributed by atoms with E-state index in [1.807, 2.05) is 31.7 Å². The predicted molar refractivity (Wildman–Crippen MR) is 64.2 cm³/mol. The van der Waals surface area contributed by atoms with Gasteiger partial charge in [-0.1, -0.05) is 26.8 Å². The Morgan fingerprint density at radius 2 is 2.12 bits per heavy atom. The molecule has 0 aromatic heterocycles. The van der Waals surface area contributed by atoms with Crippen molar-refractivity contribution in [3.05, 3.63) is 12.2 Å². The molecule has 0 aromatic carbocycles. The van der Waals surface area contributed by atoms with Crippen LogP contribution < -0.4 is 0 Å². The summed E-state index contributed by atoms with van der Waals surface area (Å²) in [6.07, 6.45) is 4.05. The number of rotatable bonds is 3. The molecule has 0 radical (unpaired) electrons. The van der Waals surface area contributed by atoms with Gasteiger partial charge in [-0.05, 0) is 19.4 Å². The first-order valence-electron chi connectivity index (χ1n) is 5.83. The number of ketones is 1.